The molecule has 21 heavy (non-hydrogen) atoms. The quantitative estimate of drug-likeness (QED) is 0.393. The Kier molecular flexibility index (Phi) is 3.03. The van der Waals surface area contributed by atoms with Crippen molar-refractivity contribution in [1.82, 2.24) is 0 Å². The highest BCUT2D eigenvalue weighted by molar-refractivity contribution is 5.92. The smallest absolute Gasteiger partial charge is 0.0437 e. The molecule has 2 N–H and O–H groups in total. The minimum Gasteiger partial charge on any atom is -0.323 e. The zero-order valence-electron chi connectivity index (χ0n) is 13.7. The maximum Gasteiger partial charge on any atom is 0.0437 e. The Morgan fingerprint density at radius 1 is 1.05 bits per heavy atom. The van der Waals surface area contributed by atoms with Crippen molar-refractivity contribution >= 4 is 5.71 Å². The molecule has 4 aliphatic rings. The zero-order chi connectivity index (χ0) is 14.7. The Morgan fingerprint density at radius 2 is 1.86 bits per heavy atom. The van der Waals surface area contributed by atoms with Crippen LogP contribution in [0.5, 0.6) is 0 Å². The SMILES string of the molecule is C[C@]12CCCCC1=CC[C@@H]1[C@@H]2CC[C@]2(C)/C(=N\N)CC[C@@H]12. The molecule has 0 bridgehead atoms. The average Bonchev–Trinajstić information content (AvgIpc) is 2.83. The fourth-order valence-corrected chi connectivity index (χ4v) is 6.70. The van der Waals surface area contributed by atoms with Gasteiger partial charge in [0.2, 0.25) is 0 Å². The van der Waals surface area contributed by atoms with Gasteiger partial charge in [-0.15, -0.1) is 0 Å². The molecular weight excluding hydrogens is 256 g/mol. The Hall–Kier alpha value is -0.790. The van der Waals surface area contributed by atoms with Crippen LogP contribution in [-0.4, -0.2) is 5.71 Å². The third-order valence-electron chi connectivity index (χ3n) is 7.91. The highest BCUT2D eigenvalue weighted by Crippen LogP contribution is 2.64. The van der Waals surface area contributed by atoms with Gasteiger partial charge >= 0.3 is 0 Å². The van der Waals surface area contributed by atoms with E-state index in [9.17, 15) is 0 Å². The van der Waals surface area contributed by atoms with Crippen LogP contribution in [0.1, 0.15) is 71.6 Å². The fraction of sp³-hybridized carbons (Fsp3) is 0.842. The third-order valence-corrected chi connectivity index (χ3v) is 7.91. The number of allylic oxidation sites excluding steroid dienone is 2. The lowest BCUT2D eigenvalue weighted by molar-refractivity contribution is -0.00620. The predicted octanol–water partition coefficient (Wildman–Crippen LogP) is 4.65. The topological polar surface area (TPSA) is 38.4 Å². The molecule has 0 aromatic carbocycles. The van der Waals surface area contributed by atoms with Gasteiger partial charge < -0.3 is 5.84 Å². The van der Waals surface area contributed by atoms with Gasteiger partial charge in [-0.3, -0.25) is 0 Å². The number of hydrogen-bond acceptors (Lipinski definition) is 2. The molecule has 4 rings (SSSR count). The second kappa shape index (κ2) is 4.60. The molecule has 5 atom stereocenters. The van der Waals surface area contributed by atoms with Crippen LogP contribution in [0.2, 0.25) is 0 Å². The van der Waals surface area contributed by atoms with Crippen molar-refractivity contribution in [2.75, 3.05) is 0 Å². The van der Waals surface area contributed by atoms with E-state index < -0.39 is 0 Å². The van der Waals surface area contributed by atoms with Crippen molar-refractivity contribution in [3.05, 3.63) is 11.6 Å². The van der Waals surface area contributed by atoms with E-state index in [1.165, 1.54) is 57.1 Å². The van der Waals surface area contributed by atoms with Gasteiger partial charge in [0, 0.05) is 11.1 Å². The van der Waals surface area contributed by atoms with Crippen LogP contribution >= 0.6 is 0 Å². The largest absolute Gasteiger partial charge is 0.323 e. The summed E-state index contributed by atoms with van der Waals surface area (Å²) in [5, 5.41) is 4.18. The second-order valence-electron chi connectivity index (χ2n) is 8.54. The molecule has 0 aliphatic heterocycles. The number of nitrogens with zero attached hydrogens (tertiary/aromatic N) is 1. The minimum absolute atomic E-state index is 0.312. The van der Waals surface area contributed by atoms with Gasteiger partial charge in [-0.1, -0.05) is 31.9 Å². The van der Waals surface area contributed by atoms with Gasteiger partial charge in [0.25, 0.3) is 0 Å². The zero-order valence-corrected chi connectivity index (χ0v) is 13.7. The van der Waals surface area contributed by atoms with Crippen LogP contribution in [0.4, 0.5) is 0 Å². The molecule has 0 radical (unpaired) electrons. The molecule has 0 unspecified atom stereocenters. The van der Waals surface area contributed by atoms with Crippen molar-refractivity contribution in [3.63, 3.8) is 0 Å². The predicted molar refractivity (Wildman–Crippen MR) is 87.9 cm³/mol. The average molecular weight is 286 g/mol. The first-order valence-corrected chi connectivity index (χ1v) is 9.06. The van der Waals surface area contributed by atoms with Crippen LogP contribution in [0, 0.1) is 28.6 Å². The van der Waals surface area contributed by atoms with E-state index in [0.717, 1.165) is 24.2 Å². The molecular formula is C19H30N2. The first-order chi connectivity index (χ1) is 10.1. The Morgan fingerprint density at radius 3 is 2.67 bits per heavy atom. The maximum absolute atomic E-state index is 5.70. The highest BCUT2D eigenvalue weighted by Gasteiger charge is 2.57. The van der Waals surface area contributed by atoms with Crippen molar-refractivity contribution in [2.45, 2.75) is 71.6 Å². The van der Waals surface area contributed by atoms with Crippen LogP contribution in [0.3, 0.4) is 0 Å². The number of nitrogens with two attached hydrogens (primary N) is 1. The summed E-state index contributed by atoms with van der Waals surface area (Å²) in [6.07, 6.45) is 14.8. The molecule has 0 aromatic rings. The van der Waals surface area contributed by atoms with E-state index in [0.29, 0.717) is 10.8 Å². The summed E-state index contributed by atoms with van der Waals surface area (Å²) in [5.74, 6) is 8.34. The summed E-state index contributed by atoms with van der Waals surface area (Å²) in [4.78, 5) is 0. The lowest BCUT2D eigenvalue weighted by Gasteiger charge is -2.56. The molecule has 0 heterocycles. The van der Waals surface area contributed by atoms with Gasteiger partial charge in [0.15, 0.2) is 0 Å². The lowest BCUT2D eigenvalue weighted by atomic mass is 9.48. The lowest BCUT2D eigenvalue weighted by Crippen LogP contribution is -2.49. The second-order valence-corrected chi connectivity index (χ2v) is 8.54. The van der Waals surface area contributed by atoms with Crippen LogP contribution in [-0.2, 0) is 0 Å². The molecule has 3 fully saturated rings. The van der Waals surface area contributed by atoms with Gasteiger partial charge in [-0.05, 0) is 74.5 Å². The summed E-state index contributed by atoms with van der Waals surface area (Å²) >= 11 is 0. The van der Waals surface area contributed by atoms with E-state index in [1.807, 2.05) is 5.57 Å². The van der Waals surface area contributed by atoms with E-state index in [2.05, 4.69) is 25.0 Å². The summed E-state index contributed by atoms with van der Waals surface area (Å²) in [5.41, 5.74) is 3.95. The molecule has 2 nitrogen and oxygen atoms in total. The summed E-state index contributed by atoms with van der Waals surface area (Å²) in [6, 6.07) is 0. The molecule has 0 spiro atoms. The monoisotopic (exact) mass is 286 g/mol. The van der Waals surface area contributed by atoms with E-state index in [1.54, 1.807) is 0 Å². The Bertz CT molecular complexity index is 506. The fourth-order valence-electron chi connectivity index (χ4n) is 6.70. The van der Waals surface area contributed by atoms with Crippen LogP contribution in [0.15, 0.2) is 16.8 Å². The van der Waals surface area contributed by atoms with Gasteiger partial charge in [0.05, 0.1) is 0 Å². The van der Waals surface area contributed by atoms with E-state index >= 15 is 0 Å². The maximum atomic E-state index is 5.70. The van der Waals surface area contributed by atoms with Crippen molar-refractivity contribution in [2.24, 2.45) is 39.5 Å². The first kappa shape index (κ1) is 13.8. The summed E-state index contributed by atoms with van der Waals surface area (Å²) < 4.78 is 0. The molecule has 3 saturated carbocycles. The summed E-state index contributed by atoms with van der Waals surface area (Å²) in [6.45, 7) is 5.04. The van der Waals surface area contributed by atoms with Crippen LogP contribution < -0.4 is 5.84 Å². The number of hydrogen-bond donors (Lipinski definition) is 1. The standard InChI is InChI=1S/C19H30N2/c1-18-11-4-3-5-13(18)6-7-14-15-8-9-17(21-20)19(15,2)12-10-16(14)18/h6,14-16H,3-5,7-12,20H2,1-2H3/b21-17-/t14-,15-,16-,18-,19-/m0/s1. The summed E-state index contributed by atoms with van der Waals surface area (Å²) in [7, 11) is 0. The van der Waals surface area contributed by atoms with E-state index in [4.69, 9.17) is 5.84 Å². The van der Waals surface area contributed by atoms with Gasteiger partial charge in [-0.25, -0.2) is 0 Å². The number of rotatable bonds is 0. The molecule has 0 aromatic heterocycles. The first-order valence-electron chi connectivity index (χ1n) is 9.06. The molecule has 0 amide bonds. The molecule has 116 valence electrons. The van der Waals surface area contributed by atoms with Crippen molar-refractivity contribution in [3.8, 4) is 0 Å². The molecule has 4 aliphatic carbocycles. The molecule has 2 heteroatoms. The Labute approximate surface area is 129 Å². The number of hydrazone groups is 1. The van der Waals surface area contributed by atoms with Crippen molar-refractivity contribution < 1.29 is 0 Å². The highest BCUT2D eigenvalue weighted by atomic mass is 15.1. The number of fused-ring (bicyclic) bond motifs is 5. The van der Waals surface area contributed by atoms with E-state index in [-0.39, 0.29) is 0 Å². The molecule has 0 saturated heterocycles. The normalized spacial score (nSPS) is 51.0. The minimum atomic E-state index is 0.312. The Balaban J connectivity index is 1.70. The van der Waals surface area contributed by atoms with Crippen molar-refractivity contribution in [1.29, 1.82) is 0 Å². The van der Waals surface area contributed by atoms with Gasteiger partial charge in [-0.2, -0.15) is 5.10 Å². The van der Waals surface area contributed by atoms with Crippen LogP contribution in [0.25, 0.3) is 0 Å². The van der Waals surface area contributed by atoms with Gasteiger partial charge in [0.1, 0.15) is 0 Å². The third kappa shape index (κ3) is 1.74.